The van der Waals surface area contributed by atoms with E-state index in [4.69, 9.17) is 10.5 Å². The minimum atomic E-state index is 0.0109. The van der Waals surface area contributed by atoms with Gasteiger partial charge in [-0.05, 0) is 30.9 Å². The lowest BCUT2D eigenvalue weighted by Crippen LogP contribution is -2.15. The summed E-state index contributed by atoms with van der Waals surface area (Å²) in [5.74, 6) is 1.25. The van der Waals surface area contributed by atoms with E-state index in [-0.39, 0.29) is 12.0 Å². The van der Waals surface area contributed by atoms with Crippen LogP contribution in [0.15, 0.2) is 12.1 Å². The van der Waals surface area contributed by atoms with Crippen LogP contribution in [0.25, 0.3) is 0 Å². The Morgan fingerprint density at radius 3 is 2.78 bits per heavy atom. The van der Waals surface area contributed by atoms with Gasteiger partial charge in [-0.2, -0.15) is 0 Å². The minimum Gasteiger partial charge on any atom is -0.488 e. The van der Waals surface area contributed by atoms with E-state index in [0.717, 1.165) is 17.7 Å². The molecule has 4 heteroatoms. The molecule has 1 unspecified atom stereocenters. The number of nitrogens with one attached hydrogen (secondary N) is 1. The van der Waals surface area contributed by atoms with Gasteiger partial charge < -0.3 is 15.8 Å². The third-order valence-electron chi connectivity index (χ3n) is 2.99. The monoisotopic (exact) mass is 248 g/mol. The third kappa shape index (κ3) is 2.75. The highest BCUT2D eigenvalue weighted by Crippen LogP contribution is 2.33. The number of nitrogens with two attached hydrogens (primary N) is 1. The van der Waals surface area contributed by atoms with Gasteiger partial charge in [0.25, 0.3) is 0 Å². The average Bonchev–Trinajstić information content (AvgIpc) is 2.56. The van der Waals surface area contributed by atoms with Crippen LogP contribution in [0.1, 0.15) is 32.8 Å². The molecule has 0 aliphatic carbocycles. The van der Waals surface area contributed by atoms with Gasteiger partial charge in [0.1, 0.15) is 5.75 Å². The van der Waals surface area contributed by atoms with E-state index in [9.17, 15) is 4.79 Å². The number of rotatable bonds is 4. The van der Waals surface area contributed by atoms with Crippen LogP contribution in [-0.4, -0.2) is 12.0 Å². The summed E-state index contributed by atoms with van der Waals surface area (Å²) >= 11 is 0. The first-order valence-corrected chi connectivity index (χ1v) is 6.34. The molecule has 18 heavy (non-hydrogen) atoms. The Hall–Kier alpha value is -1.71. The summed E-state index contributed by atoms with van der Waals surface area (Å²) < 4.78 is 5.84. The van der Waals surface area contributed by atoms with E-state index in [1.807, 2.05) is 19.1 Å². The van der Waals surface area contributed by atoms with Crippen LogP contribution in [0, 0.1) is 5.92 Å². The second-order valence-corrected chi connectivity index (χ2v) is 5.33. The summed E-state index contributed by atoms with van der Waals surface area (Å²) in [5.41, 5.74) is 8.32. The fraction of sp³-hybridized carbons (Fsp3) is 0.500. The second-order valence-electron chi connectivity index (χ2n) is 5.33. The lowest BCUT2D eigenvalue weighted by atomic mass is 10.1. The van der Waals surface area contributed by atoms with Crippen molar-refractivity contribution in [3.63, 3.8) is 0 Å². The highest BCUT2D eigenvalue weighted by molar-refractivity contribution is 6.00. The zero-order valence-corrected chi connectivity index (χ0v) is 11.1. The number of nitrogen functional groups attached to an aromatic ring is 1. The van der Waals surface area contributed by atoms with Gasteiger partial charge in [0.15, 0.2) is 0 Å². The Labute approximate surface area is 108 Å². The Bertz CT molecular complexity index is 469. The van der Waals surface area contributed by atoms with Crippen molar-refractivity contribution in [2.75, 3.05) is 11.1 Å². The normalized spacial score (nSPS) is 15.4. The largest absolute Gasteiger partial charge is 0.488 e. The van der Waals surface area contributed by atoms with Crippen LogP contribution in [-0.2, 0) is 11.2 Å². The molecule has 1 aliphatic heterocycles. The van der Waals surface area contributed by atoms with E-state index in [1.54, 1.807) is 0 Å². The van der Waals surface area contributed by atoms with Gasteiger partial charge in [-0.3, -0.25) is 4.79 Å². The molecule has 0 saturated carbocycles. The molecule has 1 heterocycles. The van der Waals surface area contributed by atoms with Crippen LogP contribution < -0.4 is 15.8 Å². The van der Waals surface area contributed by atoms with Crippen LogP contribution in [0.5, 0.6) is 5.75 Å². The number of hydrogen-bond donors (Lipinski definition) is 2. The van der Waals surface area contributed by atoms with Gasteiger partial charge in [-0.1, -0.05) is 13.8 Å². The molecule has 1 amide bonds. The highest BCUT2D eigenvalue weighted by Gasteiger charge is 2.20. The van der Waals surface area contributed by atoms with Crippen molar-refractivity contribution >= 4 is 17.3 Å². The molecule has 0 saturated heterocycles. The summed E-state index contributed by atoms with van der Waals surface area (Å²) in [6.45, 7) is 6.35. The lowest BCUT2D eigenvalue weighted by Gasteiger charge is -2.18. The fourth-order valence-electron chi connectivity index (χ4n) is 2.30. The molecule has 0 aromatic heterocycles. The number of ether oxygens (including phenoxy) is 1. The average molecular weight is 248 g/mol. The quantitative estimate of drug-likeness (QED) is 0.805. The molecular weight excluding hydrogens is 228 g/mol. The van der Waals surface area contributed by atoms with Gasteiger partial charge in [0.2, 0.25) is 5.91 Å². The highest BCUT2D eigenvalue weighted by atomic mass is 16.5. The maximum Gasteiger partial charge on any atom is 0.228 e. The lowest BCUT2D eigenvalue weighted by molar-refractivity contribution is -0.115. The third-order valence-corrected chi connectivity index (χ3v) is 2.99. The topological polar surface area (TPSA) is 64.3 Å². The van der Waals surface area contributed by atoms with Crippen molar-refractivity contribution in [2.24, 2.45) is 5.92 Å². The van der Waals surface area contributed by atoms with Crippen molar-refractivity contribution in [1.29, 1.82) is 0 Å². The Morgan fingerprint density at radius 1 is 1.39 bits per heavy atom. The SMILES string of the molecule is CC(C)CC(C)Oc1cc2c(cc1N)CC(=O)N2. The first-order chi connectivity index (χ1) is 8.45. The summed E-state index contributed by atoms with van der Waals surface area (Å²) in [5, 5.41) is 2.80. The number of amides is 1. The number of hydrogen-bond acceptors (Lipinski definition) is 3. The molecule has 3 N–H and O–H groups in total. The van der Waals surface area contributed by atoms with Gasteiger partial charge in [-0.25, -0.2) is 0 Å². The van der Waals surface area contributed by atoms with Crippen molar-refractivity contribution in [1.82, 2.24) is 0 Å². The van der Waals surface area contributed by atoms with Crippen molar-refractivity contribution < 1.29 is 9.53 Å². The van der Waals surface area contributed by atoms with Crippen LogP contribution in [0.4, 0.5) is 11.4 Å². The Kier molecular flexibility index (Phi) is 3.45. The predicted molar refractivity (Wildman–Crippen MR) is 72.7 cm³/mol. The number of carbonyl (C=O) groups excluding carboxylic acids is 1. The van der Waals surface area contributed by atoms with E-state index < -0.39 is 0 Å². The smallest absolute Gasteiger partial charge is 0.228 e. The Balaban J connectivity index is 2.15. The molecule has 1 aromatic carbocycles. The van der Waals surface area contributed by atoms with Crippen LogP contribution >= 0.6 is 0 Å². The molecular formula is C14H20N2O2. The van der Waals surface area contributed by atoms with E-state index in [2.05, 4.69) is 19.2 Å². The second kappa shape index (κ2) is 4.88. The van der Waals surface area contributed by atoms with E-state index in [1.165, 1.54) is 0 Å². The molecule has 1 aromatic rings. The summed E-state index contributed by atoms with van der Waals surface area (Å²) in [6.07, 6.45) is 1.49. The first kappa shape index (κ1) is 12.7. The molecule has 98 valence electrons. The molecule has 0 spiro atoms. The molecule has 0 bridgehead atoms. The van der Waals surface area contributed by atoms with E-state index >= 15 is 0 Å². The summed E-state index contributed by atoms with van der Waals surface area (Å²) in [6, 6.07) is 3.65. The maximum atomic E-state index is 11.3. The van der Waals surface area contributed by atoms with Crippen LogP contribution in [0.2, 0.25) is 0 Å². The molecule has 1 atom stereocenters. The predicted octanol–water partition coefficient (Wildman–Crippen LogP) is 2.58. The number of benzene rings is 1. The molecule has 4 nitrogen and oxygen atoms in total. The fourth-order valence-corrected chi connectivity index (χ4v) is 2.30. The standard InChI is InChI=1S/C14H20N2O2/c1-8(2)4-9(3)18-13-7-12-10(5-11(13)15)6-14(17)16-12/h5,7-9H,4,6,15H2,1-3H3,(H,16,17). The van der Waals surface area contributed by atoms with Gasteiger partial charge in [0, 0.05) is 11.8 Å². The zero-order chi connectivity index (χ0) is 13.3. The molecule has 0 radical (unpaired) electrons. The number of carbonyl (C=O) groups is 1. The summed E-state index contributed by atoms with van der Waals surface area (Å²) in [4.78, 5) is 11.3. The Morgan fingerprint density at radius 2 is 2.11 bits per heavy atom. The number of anilines is 2. The van der Waals surface area contributed by atoms with Gasteiger partial charge >= 0.3 is 0 Å². The first-order valence-electron chi connectivity index (χ1n) is 6.34. The molecule has 0 fully saturated rings. The molecule has 1 aliphatic rings. The van der Waals surface area contributed by atoms with Crippen molar-refractivity contribution in [3.8, 4) is 5.75 Å². The minimum absolute atomic E-state index is 0.0109. The van der Waals surface area contributed by atoms with Gasteiger partial charge in [0.05, 0.1) is 18.2 Å². The van der Waals surface area contributed by atoms with Crippen molar-refractivity contribution in [2.45, 2.75) is 39.7 Å². The molecule has 2 rings (SSSR count). The summed E-state index contributed by atoms with van der Waals surface area (Å²) in [7, 11) is 0. The van der Waals surface area contributed by atoms with Crippen molar-refractivity contribution in [3.05, 3.63) is 17.7 Å². The number of fused-ring (bicyclic) bond motifs is 1. The van der Waals surface area contributed by atoms with Crippen LogP contribution in [0.3, 0.4) is 0 Å². The van der Waals surface area contributed by atoms with E-state index in [0.29, 0.717) is 23.8 Å². The maximum absolute atomic E-state index is 11.3. The van der Waals surface area contributed by atoms with Gasteiger partial charge in [-0.15, -0.1) is 0 Å². The zero-order valence-electron chi connectivity index (χ0n) is 11.1.